The molecule has 2 N–H and O–H groups in total. The fraction of sp³-hybridized carbons (Fsp3) is 0.440. The number of sulfonamides is 1. The van der Waals surface area contributed by atoms with Crippen molar-refractivity contribution in [3.63, 3.8) is 0 Å². The monoisotopic (exact) mass is 485 g/mol. The first-order valence-corrected chi connectivity index (χ1v) is 13.1. The van der Waals surface area contributed by atoms with Gasteiger partial charge in [-0.3, -0.25) is 9.59 Å². The van der Waals surface area contributed by atoms with Crippen LogP contribution in [0.2, 0.25) is 0 Å². The van der Waals surface area contributed by atoms with Crippen LogP contribution in [0.1, 0.15) is 38.2 Å². The number of nitrogens with one attached hydrogen (secondary N) is 2. The van der Waals surface area contributed by atoms with Crippen LogP contribution in [0.25, 0.3) is 0 Å². The van der Waals surface area contributed by atoms with Crippen molar-refractivity contribution in [3.8, 4) is 5.75 Å². The van der Waals surface area contributed by atoms with E-state index in [1.165, 1.54) is 19.1 Å². The summed E-state index contributed by atoms with van der Waals surface area (Å²) in [5, 5.41) is 2.99. The van der Waals surface area contributed by atoms with Crippen molar-refractivity contribution < 1.29 is 22.7 Å². The number of aryl methyl sites for hydroxylation is 1. The van der Waals surface area contributed by atoms with E-state index in [4.69, 9.17) is 4.74 Å². The molecular formula is C25H31N3O5S. The number of carbonyl (C=O) groups is 2. The Bertz CT molecular complexity index is 1170. The third-order valence-electron chi connectivity index (χ3n) is 6.55. The fourth-order valence-corrected chi connectivity index (χ4v) is 5.73. The molecule has 0 unspecified atom stereocenters. The predicted molar refractivity (Wildman–Crippen MR) is 130 cm³/mol. The molecule has 1 aliphatic heterocycles. The van der Waals surface area contributed by atoms with Crippen molar-refractivity contribution in [3.05, 3.63) is 48.0 Å². The average Bonchev–Trinajstić information content (AvgIpc) is 2.82. The third-order valence-corrected chi connectivity index (χ3v) is 7.97. The molecule has 4 rings (SSSR count). The van der Waals surface area contributed by atoms with Crippen LogP contribution in [0.5, 0.6) is 5.75 Å². The molecule has 0 spiro atoms. The lowest BCUT2D eigenvalue weighted by molar-refractivity contribution is -0.121. The second-order valence-corrected chi connectivity index (χ2v) is 10.8. The molecule has 1 saturated carbocycles. The molecule has 0 saturated heterocycles. The first-order chi connectivity index (χ1) is 16.2. The zero-order valence-corrected chi connectivity index (χ0v) is 20.4. The van der Waals surface area contributed by atoms with Gasteiger partial charge in [-0.05, 0) is 68.4 Å². The van der Waals surface area contributed by atoms with E-state index in [0.29, 0.717) is 31.1 Å². The van der Waals surface area contributed by atoms with Crippen LogP contribution < -0.4 is 19.7 Å². The van der Waals surface area contributed by atoms with Gasteiger partial charge in [0.1, 0.15) is 12.4 Å². The third kappa shape index (κ3) is 5.59. The molecule has 34 heavy (non-hydrogen) atoms. The lowest BCUT2D eigenvalue weighted by atomic mass is 9.81. The Labute approximate surface area is 200 Å². The van der Waals surface area contributed by atoms with Gasteiger partial charge in [-0.1, -0.05) is 12.1 Å². The van der Waals surface area contributed by atoms with Crippen molar-refractivity contribution >= 4 is 33.2 Å². The molecule has 2 aliphatic rings. The second-order valence-electron chi connectivity index (χ2n) is 9.08. The van der Waals surface area contributed by atoms with Crippen molar-refractivity contribution in [2.45, 2.75) is 44.4 Å². The molecule has 0 atom stereocenters. The first-order valence-electron chi connectivity index (χ1n) is 11.6. The zero-order chi connectivity index (χ0) is 24.3. The van der Waals surface area contributed by atoms with Gasteiger partial charge in [0.15, 0.2) is 0 Å². The molecule has 1 heterocycles. The standard InChI is InChI=1S/C25H31N3O5S/c1-17-4-3-5-21(14-17)27-25(30)20-8-6-19(7-9-20)16-26-34(31,32)22-10-11-23-24(15-22)33-13-12-28(23)18(2)29/h3-5,10-11,14-15,19-20,26H,6-9,12-13,16H2,1-2H3,(H,27,30). The summed E-state index contributed by atoms with van der Waals surface area (Å²) >= 11 is 0. The Morgan fingerprint density at radius 3 is 2.56 bits per heavy atom. The molecular weight excluding hydrogens is 454 g/mol. The highest BCUT2D eigenvalue weighted by atomic mass is 32.2. The van der Waals surface area contributed by atoms with E-state index in [-0.39, 0.29) is 28.5 Å². The zero-order valence-electron chi connectivity index (χ0n) is 19.5. The minimum atomic E-state index is -3.72. The van der Waals surface area contributed by atoms with E-state index in [1.54, 1.807) is 11.0 Å². The number of benzene rings is 2. The van der Waals surface area contributed by atoms with E-state index in [0.717, 1.165) is 36.9 Å². The molecule has 2 amide bonds. The maximum Gasteiger partial charge on any atom is 0.240 e. The second kappa shape index (κ2) is 10.1. The quantitative estimate of drug-likeness (QED) is 0.652. The highest BCUT2D eigenvalue weighted by Gasteiger charge is 2.28. The normalized spacial score (nSPS) is 20.2. The summed E-state index contributed by atoms with van der Waals surface area (Å²) in [6.07, 6.45) is 3.04. The Balaban J connectivity index is 1.30. The summed E-state index contributed by atoms with van der Waals surface area (Å²) < 4.78 is 34.0. The maximum absolute atomic E-state index is 12.9. The molecule has 1 fully saturated rings. The number of fused-ring (bicyclic) bond motifs is 1. The Morgan fingerprint density at radius 1 is 1.09 bits per heavy atom. The van der Waals surface area contributed by atoms with Crippen molar-refractivity contribution in [2.75, 3.05) is 29.9 Å². The number of rotatable bonds is 6. The Morgan fingerprint density at radius 2 is 1.85 bits per heavy atom. The van der Waals surface area contributed by atoms with Crippen molar-refractivity contribution in [1.82, 2.24) is 4.72 Å². The number of amides is 2. The molecule has 2 aromatic rings. The van der Waals surface area contributed by atoms with Crippen LogP contribution in [0.15, 0.2) is 47.4 Å². The molecule has 0 bridgehead atoms. The number of hydrogen-bond acceptors (Lipinski definition) is 5. The molecule has 8 nitrogen and oxygen atoms in total. The number of carbonyl (C=O) groups excluding carboxylic acids is 2. The van der Waals surface area contributed by atoms with Crippen LogP contribution in [-0.2, 0) is 19.6 Å². The van der Waals surface area contributed by atoms with Crippen LogP contribution in [0.4, 0.5) is 11.4 Å². The van der Waals surface area contributed by atoms with Gasteiger partial charge in [-0.2, -0.15) is 0 Å². The lowest BCUT2D eigenvalue weighted by Gasteiger charge is -2.29. The van der Waals surface area contributed by atoms with Gasteiger partial charge in [-0.25, -0.2) is 13.1 Å². The summed E-state index contributed by atoms with van der Waals surface area (Å²) in [6.45, 7) is 4.55. The van der Waals surface area contributed by atoms with E-state index in [2.05, 4.69) is 10.0 Å². The summed E-state index contributed by atoms with van der Waals surface area (Å²) in [4.78, 5) is 26.1. The first kappa shape index (κ1) is 24.2. The van der Waals surface area contributed by atoms with Crippen LogP contribution in [-0.4, -0.2) is 39.9 Å². The molecule has 9 heteroatoms. The molecule has 182 valence electrons. The molecule has 0 radical (unpaired) electrons. The molecule has 2 aromatic carbocycles. The van der Waals surface area contributed by atoms with Crippen LogP contribution in [0.3, 0.4) is 0 Å². The number of ether oxygens (including phenoxy) is 1. The summed E-state index contributed by atoms with van der Waals surface area (Å²) in [5.41, 5.74) is 2.48. The van der Waals surface area contributed by atoms with Gasteiger partial charge in [0.2, 0.25) is 21.8 Å². The Kier molecular flexibility index (Phi) is 7.23. The highest BCUT2D eigenvalue weighted by Crippen LogP contribution is 2.34. The topological polar surface area (TPSA) is 105 Å². The minimum Gasteiger partial charge on any atom is -0.489 e. The van der Waals surface area contributed by atoms with E-state index >= 15 is 0 Å². The van der Waals surface area contributed by atoms with Crippen molar-refractivity contribution in [2.24, 2.45) is 11.8 Å². The summed E-state index contributed by atoms with van der Waals surface area (Å²) in [5.74, 6) is 0.430. The number of hydrogen-bond donors (Lipinski definition) is 2. The highest BCUT2D eigenvalue weighted by molar-refractivity contribution is 7.89. The van der Waals surface area contributed by atoms with Crippen molar-refractivity contribution in [1.29, 1.82) is 0 Å². The van der Waals surface area contributed by atoms with E-state index < -0.39 is 10.0 Å². The van der Waals surface area contributed by atoms with Gasteiger partial charge in [0.25, 0.3) is 0 Å². The lowest BCUT2D eigenvalue weighted by Crippen LogP contribution is -2.36. The van der Waals surface area contributed by atoms with Gasteiger partial charge >= 0.3 is 0 Å². The SMILES string of the molecule is CC(=O)N1CCOc2cc(S(=O)(=O)NCC3CCC(C(=O)Nc4cccc(C)c4)CC3)ccc21. The largest absolute Gasteiger partial charge is 0.489 e. The van der Waals surface area contributed by atoms with Crippen LogP contribution >= 0.6 is 0 Å². The Hall–Kier alpha value is -2.91. The minimum absolute atomic E-state index is 0.0262. The average molecular weight is 486 g/mol. The van der Waals surface area contributed by atoms with E-state index in [9.17, 15) is 18.0 Å². The van der Waals surface area contributed by atoms with Gasteiger partial charge < -0.3 is 15.0 Å². The van der Waals surface area contributed by atoms with Crippen LogP contribution in [0, 0.1) is 18.8 Å². The van der Waals surface area contributed by atoms with E-state index in [1.807, 2.05) is 31.2 Å². The smallest absolute Gasteiger partial charge is 0.240 e. The number of anilines is 2. The van der Waals surface area contributed by atoms with Gasteiger partial charge in [-0.15, -0.1) is 0 Å². The van der Waals surface area contributed by atoms with Gasteiger partial charge in [0.05, 0.1) is 17.1 Å². The molecule has 1 aliphatic carbocycles. The maximum atomic E-state index is 12.9. The predicted octanol–water partition coefficient (Wildman–Crippen LogP) is 3.46. The summed E-state index contributed by atoms with van der Waals surface area (Å²) in [7, 11) is -3.72. The van der Waals surface area contributed by atoms with Gasteiger partial charge in [0, 0.05) is 31.1 Å². The fourth-order valence-electron chi connectivity index (χ4n) is 4.60. The summed E-state index contributed by atoms with van der Waals surface area (Å²) in [6, 6.07) is 12.3. The molecule has 0 aromatic heterocycles. The number of nitrogens with zero attached hydrogens (tertiary/aromatic N) is 1.